The fourth-order valence-corrected chi connectivity index (χ4v) is 3.97. The monoisotopic (exact) mass is 367 g/mol. The Kier molecular flexibility index (Phi) is 2.21. The molecule has 96 valence electrons. The molecule has 0 N–H and O–H groups in total. The lowest BCUT2D eigenvalue weighted by atomic mass is 10.2. The van der Waals surface area contributed by atoms with Crippen molar-refractivity contribution in [2.75, 3.05) is 0 Å². The predicted molar refractivity (Wildman–Crippen MR) is 79.3 cm³/mol. The molecule has 6 heteroatoms. The van der Waals surface area contributed by atoms with Gasteiger partial charge in [-0.3, -0.25) is 0 Å². The van der Waals surface area contributed by atoms with Crippen LogP contribution in [0.3, 0.4) is 0 Å². The second-order valence-corrected chi connectivity index (χ2v) is 6.17. The minimum absolute atomic E-state index is 0.00392. The van der Waals surface area contributed by atoms with Gasteiger partial charge in [-0.25, -0.2) is 23.5 Å². The van der Waals surface area contributed by atoms with Crippen molar-refractivity contribution in [1.29, 1.82) is 0 Å². The minimum atomic E-state index is -0.255. The molecule has 1 aromatic carbocycles. The Bertz CT molecular complexity index is 754. The standard InChI is InChI=1S/C13H10IN3O2/c14-11-9-6-7-10(11)17-13(19)15(12(18)16(9)17)8-4-2-1-3-5-8/h1-7,9-11H/t9-,10-/m0/s1. The van der Waals surface area contributed by atoms with Crippen molar-refractivity contribution in [2.45, 2.75) is 16.0 Å². The number of benzene rings is 1. The molecule has 2 aromatic rings. The number of hydrogen-bond acceptors (Lipinski definition) is 2. The lowest BCUT2D eigenvalue weighted by Gasteiger charge is -2.07. The second-order valence-electron chi connectivity index (χ2n) is 4.74. The molecule has 0 saturated heterocycles. The van der Waals surface area contributed by atoms with Crippen LogP contribution in [-0.4, -0.2) is 17.9 Å². The van der Waals surface area contributed by atoms with Gasteiger partial charge in [0.15, 0.2) is 0 Å². The van der Waals surface area contributed by atoms with E-state index < -0.39 is 0 Å². The average Bonchev–Trinajstić information content (AvgIpc) is 3.01. The van der Waals surface area contributed by atoms with Gasteiger partial charge in [-0.15, -0.1) is 0 Å². The van der Waals surface area contributed by atoms with Crippen molar-refractivity contribution >= 4 is 22.6 Å². The third-order valence-electron chi connectivity index (χ3n) is 3.74. The highest BCUT2D eigenvalue weighted by molar-refractivity contribution is 14.1. The Hall–Kier alpha value is -1.57. The first-order valence-corrected chi connectivity index (χ1v) is 7.28. The molecule has 0 radical (unpaired) electrons. The summed E-state index contributed by atoms with van der Waals surface area (Å²) in [7, 11) is 0. The highest BCUT2D eigenvalue weighted by Gasteiger charge is 2.44. The highest BCUT2D eigenvalue weighted by atomic mass is 127. The number of alkyl halides is 1. The molecule has 1 aliphatic carbocycles. The largest absolute Gasteiger partial charge is 0.352 e. The van der Waals surface area contributed by atoms with Gasteiger partial charge in [0.2, 0.25) is 0 Å². The van der Waals surface area contributed by atoms with Crippen molar-refractivity contribution in [3.8, 4) is 5.69 Å². The quantitative estimate of drug-likeness (QED) is 0.433. The van der Waals surface area contributed by atoms with E-state index in [1.807, 2.05) is 30.4 Å². The Morgan fingerprint density at radius 3 is 1.95 bits per heavy atom. The maximum Gasteiger partial charge on any atom is 0.352 e. The van der Waals surface area contributed by atoms with E-state index in [1.54, 1.807) is 21.5 Å². The summed E-state index contributed by atoms with van der Waals surface area (Å²) >= 11 is 2.31. The molecule has 0 unspecified atom stereocenters. The average molecular weight is 367 g/mol. The van der Waals surface area contributed by atoms with Gasteiger partial charge in [-0.2, -0.15) is 0 Å². The molecule has 1 aromatic heterocycles. The zero-order chi connectivity index (χ0) is 13.1. The van der Waals surface area contributed by atoms with Crippen molar-refractivity contribution in [2.24, 2.45) is 0 Å². The van der Waals surface area contributed by atoms with Gasteiger partial charge in [0.05, 0.1) is 21.7 Å². The summed E-state index contributed by atoms with van der Waals surface area (Å²) in [5.41, 5.74) is 0.112. The van der Waals surface area contributed by atoms with Crippen molar-refractivity contribution in [3.05, 3.63) is 63.5 Å². The number of halogens is 1. The summed E-state index contributed by atoms with van der Waals surface area (Å²) in [6.07, 6.45) is 4.02. The van der Waals surface area contributed by atoms with Gasteiger partial charge in [0.1, 0.15) is 0 Å². The lowest BCUT2D eigenvalue weighted by Crippen LogP contribution is -2.30. The SMILES string of the molecule is O=c1n(-c2ccccc2)c(=O)n2n1[C@H]1C=C[C@H]2C1I. The molecular weight excluding hydrogens is 357 g/mol. The summed E-state index contributed by atoms with van der Waals surface area (Å²) in [5, 5.41) is 0. The van der Waals surface area contributed by atoms with Crippen LogP contribution in [0.5, 0.6) is 0 Å². The molecule has 0 spiro atoms. The molecule has 19 heavy (non-hydrogen) atoms. The van der Waals surface area contributed by atoms with Crippen molar-refractivity contribution in [1.82, 2.24) is 13.9 Å². The zero-order valence-corrected chi connectivity index (χ0v) is 12.0. The first-order chi connectivity index (χ1) is 9.20. The second kappa shape index (κ2) is 3.72. The highest BCUT2D eigenvalue weighted by Crippen LogP contribution is 2.41. The van der Waals surface area contributed by atoms with E-state index in [2.05, 4.69) is 22.6 Å². The molecule has 2 heterocycles. The summed E-state index contributed by atoms with van der Waals surface area (Å²) in [4.78, 5) is 25.0. The number of allylic oxidation sites excluding steroid dienone is 2. The number of nitrogens with zero attached hydrogens (tertiary/aromatic N) is 3. The molecule has 4 rings (SSSR count). The van der Waals surface area contributed by atoms with E-state index >= 15 is 0 Å². The van der Waals surface area contributed by atoms with E-state index in [4.69, 9.17) is 0 Å². The Morgan fingerprint density at radius 1 is 0.895 bits per heavy atom. The maximum absolute atomic E-state index is 12.5. The van der Waals surface area contributed by atoms with E-state index in [0.29, 0.717) is 5.69 Å². The van der Waals surface area contributed by atoms with Crippen molar-refractivity contribution < 1.29 is 0 Å². The summed E-state index contributed by atoms with van der Waals surface area (Å²) < 4.78 is 4.66. The van der Waals surface area contributed by atoms with Gasteiger partial charge in [0, 0.05) is 0 Å². The molecule has 5 nitrogen and oxygen atoms in total. The van der Waals surface area contributed by atoms with Gasteiger partial charge >= 0.3 is 11.4 Å². The molecular formula is C13H10IN3O2. The number of rotatable bonds is 1. The molecule has 1 aliphatic heterocycles. The Morgan fingerprint density at radius 2 is 1.42 bits per heavy atom. The molecule has 2 atom stereocenters. The van der Waals surface area contributed by atoms with E-state index in [-0.39, 0.29) is 27.4 Å². The van der Waals surface area contributed by atoms with Crippen LogP contribution >= 0.6 is 22.6 Å². The molecule has 2 aliphatic rings. The van der Waals surface area contributed by atoms with Crippen LogP contribution in [-0.2, 0) is 0 Å². The van der Waals surface area contributed by atoms with Crippen LogP contribution in [0, 0.1) is 0 Å². The van der Waals surface area contributed by atoms with Crippen LogP contribution < -0.4 is 11.4 Å². The van der Waals surface area contributed by atoms with Gasteiger partial charge < -0.3 is 0 Å². The number of para-hydroxylation sites is 1. The topological polar surface area (TPSA) is 48.9 Å². The Balaban J connectivity index is 2.03. The van der Waals surface area contributed by atoms with Crippen LogP contribution in [0.2, 0.25) is 0 Å². The van der Waals surface area contributed by atoms with Crippen LogP contribution in [0.25, 0.3) is 5.69 Å². The van der Waals surface area contributed by atoms with E-state index in [9.17, 15) is 9.59 Å². The normalized spacial score (nSPS) is 26.9. The number of fused-ring (bicyclic) bond motifs is 5. The third kappa shape index (κ3) is 1.29. The smallest absolute Gasteiger partial charge is 0.245 e. The van der Waals surface area contributed by atoms with Gasteiger partial charge in [-0.05, 0) is 12.1 Å². The van der Waals surface area contributed by atoms with Gasteiger partial charge in [-0.1, -0.05) is 52.9 Å². The predicted octanol–water partition coefficient (Wildman–Crippen LogP) is 1.27. The molecule has 0 fully saturated rings. The summed E-state index contributed by atoms with van der Waals surface area (Å²) in [6.45, 7) is 0. The van der Waals surface area contributed by atoms with Crippen LogP contribution in [0.4, 0.5) is 0 Å². The minimum Gasteiger partial charge on any atom is -0.245 e. The lowest BCUT2D eigenvalue weighted by molar-refractivity contribution is 0.505. The van der Waals surface area contributed by atoms with Crippen molar-refractivity contribution in [3.63, 3.8) is 0 Å². The molecule has 2 bridgehead atoms. The Labute approximate surface area is 121 Å². The zero-order valence-electron chi connectivity index (χ0n) is 9.81. The van der Waals surface area contributed by atoms with Crippen LogP contribution in [0.15, 0.2) is 52.1 Å². The summed E-state index contributed by atoms with van der Waals surface area (Å²) in [6, 6.07) is 9.05. The van der Waals surface area contributed by atoms with E-state index in [0.717, 1.165) is 0 Å². The maximum atomic E-state index is 12.5. The van der Waals surface area contributed by atoms with E-state index in [1.165, 1.54) is 4.57 Å². The number of hydrogen-bond donors (Lipinski definition) is 0. The van der Waals surface area contributed by atoms with Crippen LogP contribution in [0.1, 0.15) is 12.1 Å². The fourth-order valence-electron chi connectivity index (χ4n) is 2.89. The first kappa shape index (κ1) is 11.3. The molecule has 0 saturated carbocycles. The fraction of sp³-hybridized carbons (Fsp3) is 0.231. The van der Waals surface area contributed by atoms with Gasteiger partial charge in [0.25, 0.3) is 0 Å². The molecule has 0 amide bonds. The first-order valence-electron chi connectivity index (χ1n) is 6.04. The summed E-state index contributed by atoms with van der Waals surface area (Å²) in [5.74, 6) is 0. The third-order valence-corrected chi connectivity index (χ3v) is 5.22. The number of aromatic nitrogens is 3.